The van der Waals surface area contributed by atoms with Crippen molar-refractivity contribution in [2.45, 2.75) is 92.3 Å². The Morgan fingerprint density at radius 3 is 2.24 bits per heavy atom. The minimum absolute atomic E-state index is 0.0222. The van der Waals surface area contributed by atoms with Crippen molar-refractivity contribution in [3.63, 3.8) is 0 Å². The third-order valence-electron chi connectivity index (χ3n) is 7.94. The largest absolute Gasteiger partial charge is 0.359 e. The minimum Gasteiger partial charge on any atom is -0.359 e. The molecule has 1 aliphatic carbocycles. The number of carbonyl (C=O) groups excluding carboxylic acids is 2. The summed E-state index contributed by atoms with van der Waals surface area (Å²) in [5.74, 6) is 0.668. The van der Waals surface area contributed by atoms with Crippen molar-refractivity contribution in [1.29, 1.82) is 0 Å². The van der Waals surface area contributed by atoms with Crippen molar-refractivity contribution in [2.24, 2.45) is 16.3 Å². The Bertz CT molecular complexity index is 1120. The zero-order valence-electron chi connectivity index (χ0n) is 24.1. The summed E-state index contributed by atoms with van der Waals surface area (Å²) in [6.07, 6.45) is 5.70. The first-order chi connectivity index (χ1) is 17.9. The van der Waals surface area contributed by atoms with Crippen molar-refractivity contribution in [2.75, 3.05) is 6.54 Å². The van der Waals surface area contributed by atoms with Crippen LogP contribution < -0.4 is 5.32 Å². The molecule has 2 aromatic carbocycles. The van der Waals surface area contributed by atoms with Crippen LogP contribution in [0.2, 0.25) is 5.02 Å². The fourth-order valence-corrected chi connectivity index (χ4v) is 6.00. The number of aliphatic imine (C=N–C) groups is 1. The second kappa shape index (κ2) is 12.5. The zero-order valence-corrected chi connectivity index (χ0v) is 24.9. The molecule has 1 N–H and O–H groups in total. The Hall–Kier alpha value is -2.66. The second-order valence-corrected chi connectivity index (χ2v) is 12.4. The molecule has 2 aliphatic rings. The van der Waals surface area contributed by atoms with Gasteiger partial charge in [-0.15, -0.1) is 0 Å². The summed E-state index contributed by atoms with van der Waals surface area (Å²) >= 11 is 6.35. The molecular weight excluding hydrogens is 494 g/mol. The molecule has 6 heteroatoms. The van der Waals surface area contributed by atoms with E-state index in [9.17, 15) is 9.59 Å². The number of hydrogen-bond acceptors (Lipinski definition) is 3. The number of aryl methyl sites for hydroxylation is 2. The lowest BCUT2D eigenvalue weighted by molar-refractivity contribution is -0.133. The van der Waals surface area contributed by atoms with E-state index in [4.69, 9.17) is 16.6 Å². The lowest BCUT2D eigenvalue weighted by atomic mass is 9.69. The predicted molar refractivity (Wildman–Crippen MR) is 158 cm³/mol. The second-order valence-electron chi connectivity index (χ2n) is 11.9. The van der Waals surface area contributed by atoms with Crippen molar-refractivity contribution >= 4 is 29.6 Å². The molecule has 0 radical (unpaired) electrons. The maximum absolute atomic E-state index is 13.9. The molecule has 2 aromatic rings. The van der Waals surface area contributed by atoms with Gasteiger partial charge in [0, 0.05) is 17.1 Å². The highest BCUT2D eigenvalue weighted by Crippen LogP contribution is 2.49. The standard InChI is InChI=1S/C28H35ClN2O.C4H9NO/c1-18-7-9-21(10-8-18)20(3)31-26(32)25(22-15-19(2)16-24(29)17-22)30-28(31)13-11-23(12-14-28)27(4,5)6;1-2-3-5-4-6/h7-10,15-17,20,23H,11-14H2,1-6H3;4H,2-3H2,1H3,(H,5,6). The first kappa shape index (κ1) is 29.9. The molecular formula is C32H44ClN3O2. The van der Waals surface area contributed by atoms with Crippen molar-refractivity contribution < 1.29 is 9.59 Å². The lowest BCUT2D eigenvalue weighted by Gasteiger charge is -2.46. The van der Waals surface area contributed by atoms with Crippen LogP contribution in [0, 0.1) is 25.2 Å². The predicted octanol–water partition coefficient (Wildman–Crippen LogP) is 7.42. The number of carbonyl (C=O) groups is 2. The summed E-state index contributed by atoms with van der Waals surface area (Å²) < 4.78 is 0. The van der Waals surface area contributed by atoms with E-state index in [2.05, 4.69) is 69.1 Å². The Balaban J connectivity index is 0.000000599. The number of hydrogen-bond donors (Lipinski definition) is 1. The molecule has 0 bridgehead atoms. The summed E-state index contributed by atoms with van der Waals surface area (Å²) in [7, 11) is 0. The van der Waals surface area contributed by atoms with Gasteiger partial charge in [-0.1, -0.05) is 69.1 Å². The van der Waals surface area contributed by atoms with Crippen LogP contribution in [0.25, 0.3) is 0 Å². The Kier molecular flexibility index (Phi) is 9.80. The van der Waals surface area contributed by atoms with Gasteiger partial charge in [0.15, 0.2) is 0 Å². The van der Waals surface area contributed by atoms with Crippen LogP contribution in [0.4, 0.5) is 0 Å². The minimum atomic E-state index is -0.477. The third kappa shape index (κ3) is 6.85. The van der Waals surface area contributed by atoms with Gasteiger partial charge in [0.1, 0.15) is 11.4 Å². The molecule has 0 saturated heterocycles. The molecule has 1 unspecified atom stereocenters. The van der Waals surface area contributed by atoms with Gasteiger partial charge in [-0.2, -0.15) is 0 Å². The molecule has 1 heterocycles. The van der Waals surface area contributed by atoms with E-state index < -0.39 is 5.66 Å². The molecule has 1 aliphatic heterocycles. The van der Waals surface area contributed by atoms with Crippen molar-refractivity contribution in [3.8, 4) is 0 Å². The van der Waals surface area contributed by atoms with Gasteiger partial charge >= 0.3 is 0 Å². The van der Waals surface area contributed by atoms with Gasteiger partial charge in [-0.3, -0.25) is 14.6 Å². The van der Waals surface area contributed by atoms with Crippen LogP contribution in [0.5, 0.6) is 0 Å². The summed E-state index contributed by atoms with van der Waals surface area (Å²) in [6, 6.07) is 14.3. The van der Waals surface area contributed by atoms with Crippen LogP contribution >= 0.6 is 11.6 Å². The van der Waals surface area contributed by atoms with Crippen LogP contribution in [0.3, 0.4) is 0 Å². The maximum Gasteiger partial charge on any atom is 0.275 e. The molecule has 1 spiro atoms. The average molecular weight is 538 g/mol. The number of rotatable bonds is 6. The lowest BCUT2D eigenvalue weighted by Crippen LogP contribution is -2.50. The molecule has 1 saturated carbocycles. The topological polar surface area (TPSA) is 61.8 Å². The van der Waals surface area contributed by atoms with E-state index in [0.717, 1.165) is 55.3 Å². The maximum atomic E-state index is 13.9. The van der Waals surface area contributed by atoms with Gasteiger partial charge < -0.3 is 10.2 Å². The first-order valence-corrected chi connectivity index (χ1v) is 14.2. The van der Waals surface area contributed by atoms with Crippen molar-refractivity contribution in [1.82, 2.24) is 10.2 Å². The molecule has 0 aromatic heterocycles. The number of benzene rings is 2. The smallest absolute Gasteiger partial charge is 0.275 e. The molecule has 1 atom stereocenters. The summed E-state index contributed by atoms with van der Waals surface area (Å²) in [5.41, 5.74) is 4.60. The Labute approximate surface area is 234 Å². The van der Waals surface area contributed by atoms with E-state index in [-0.39, 0.29) is 17.4 Å². The fourth-order valence-electron chi connectivity index (χ4n) is 5.71. The first-order valence-electron chi connectivity index (χ1n) is 13.9. The van der Waals surface area contributed by atoms with Crippen LogP contribution in [-0.2, 0) is 9.59 Å². The molecule has 5 nitrogen and oxygen atoms in total. The fraction of sp³-hybridized carbons (Fsp3) is 0.531. The highest BCUT2D eigenvalue weighted by Gasteiger charge is 2.51. The number of nitrogens with zero attached hydrogens (tertiary/aromatic N) is 2. The summed E-state index contributed by atoms with van der Waals surface area (Å²) in [4.78, 5) is 30.6. The summed E-state index contributed by atoms with van der Waals surface area (Å²) in [6.45, 7) is 16.0. The van der Waals surface area contributed by atoms with Gasteiger partial charge in [0.25, 0.3) is 5.91 Å². The van der Waals surface area contributed by atoms with E-state index in [1.165, 1.54) is 5.56 Å². The molecule has 1 fully saturated rings. The highest BCUT2D eigenvalue weighted by molar-refractivity contribution is 6.47. The third-order valence-corrected chi connectivity index (χ3v) is 8.16. The number of halogens is 1. The van der Waals surface area contributed by atoms with Gasteiger partial charge in [-0.25, -0.2) is 0 Å². The van der Waals surface area contributed by atoms with E-state index in [1.54, 1.807) is 0 Å². The van der Waals surface area contributed by atoms with E-state index in [0.29, 0.717) is 23.1 Å². The highest BCUT2D eigenvalue weighted by atomic mass is 35.5. The molecule has 2 amide bonds. The molecule has 4 rings (SSSR count). The van der Waals surface area contributed by atoms with E-state index in [1.807, 2.05) is 32.0 Å². The van der Waals surface area contributed by atoms with Crippen LogP contribution in [0.1, 0.15) is 95.0 Å². The van der Waals surface area contributed by atoms with Gasteiger partial charge in [0.2, 0.25) is 6.41 Å². The number of amides is 2. The SMILES string of the molecule is CCCNC=O.Cc1ccc(C(C)N2C(=O)C(c3cc(C)cc(Cl)c3)=NC23CCC(C(C)(C)C)CC3)cc1. The Morgan fingerprint density at radius 1 is 1.11 bits per heavy atom. The zero-order chi connectivity index (χ0) is 28.1. The van der Waals surface area contributed by atoms with Crippen LogP contribution in [-0.4, -0.2) is 35.1 Å². The van der Waals surface area contributed by atoms with Crippen molar-refractivity contribution in [3.05, 3.63) is 69.7 Å². The van der Waals surface area contributed by atoms with Gasteiger partial charge in [-0.05, 0) is 93.5 Å². The average Bonchev–Trinajstić information content (AvgIpc) is 3.13. The summed E-state index contributed by atoms with van der Waals surface area (Å²) in [5, 5.41) is 3.16. The van der Waals surface area contributed by atoms with Crippen LogP contribution in [0.15, 0.2) is 47.5 Å². The monoisotopic (exact) mass is 537 g/mol. The van der Waals surface area contributed by atoms with Gasteiger partial charge in [0.05, 0.1) is 6.04 Å². The molecule has 206 valence electrons. The normalized spacial score (nSPS) is 22.0. The quantitative estimate of drug-likeness (QED) is 0.308. The van der Waals surface area contributed by atoms with E-state index >= 15 is 0 Å². The Morgan fingerprint density at radius 2 is 1.74 bits per heavy atom. The number of nitrogens with one attached hydrogen (secondary N) is 1. The molecule has 38 heavy (non-hydrogen) atoms.